The molecule has 0 aromatic heterocycles. The van der Waals surface area contributed by atoms with Gasteiger partial charge < -0.3 is 24.6 Å². The van der Waals surface area contributed by atoms with Crippen molar-refractivity contribution >= 4 is 17.5 Å². The summed E-state index contributed by atoms with van der Waals surface area (Å²) in [5.41, 5.74) is 3.48. The van der Waals surface area contributed by atoms with Crippen LogP contribution >= 0.6 is 0 Å². The second-order valence-electron chi connectivity index (χ2n) is 10.0. The van der Waals surface area contributed by atoms with E-state index in [-0.39, 0.29) is 11.8 Å². The number of hydrogen-bond acceptors (Lipinski definition) is 5. The van der Waals surface area contributed by atoms with Crippen molar-refractivity contribution in [1.82, 2.24) is 9.80 Å². The van der Waals surface area contributed by atoms with E-state index in [1.54, 1.807) is 7.11 Å². The maximum atomic E-state index is 13.8. The lowest BCUT2D eigenvalue weighted by atomic mass is 9.79. The predicted octanol–water partition coefficient (Wildman–Crippen LogP) is 4.55. The molecular formula is C28H37N3O4. The van der Waals surface area contributed by atoms with Crippen molar-refractivity contribution in [2.45, 2.75) is 58.0 Å². The summed E-state index contributed by atoms with van der Waals surface area (Å²) in [5.74, 6) is 1.22. The molecule has 7 nitrogen and oxygen atoms in total. The topological polar surface area (TPSA) is 71.1 Å². The van der Waals surface area contributed by atoms with Gasteiger partial charge in [-0.05, 0) is 75.7 Å². The van der Waals surface area contributed by atoms with E-state index in [0.717, 1.165) is 48.2 Å². The van der Waals surface area contributed by atoms with Crippen LogP contribution in [0.4, 0.5) is 5.69 Å². The number of carbonyl (C=O) groups excluding carboxylic acids is 2. The molecule has 188 valence electrons. The monoisotopic (exact) mass is 479 g/mol. The molecule has 0 spiro atoms. The first-order valence-electron chi connectivity index (χ1n) is 12.4. The average molecular weight is 480 g/mol. The van der Waals surface area contributed by atoms with Gasteiger partial charge in [0.05, 0.1) is 7.11 Å². The molecule has 1 saturated carbocycles. The van der Waals surface area contributed by atoms with Crippen LogP contribution in [0.25, 0.3) is 0 Å². The Labute approximate surface area is 208 Å². The number of fused-ring (bicyclic) bond motifs is 1. The second kappa shape index (κ2) is 10.3. The normalized spacial score (nSPS) is 16.9. The number of nitrogens with one attached hydrogen (secondary N) is 1. The van der Waals surface area contributed by atoms with Gasteiger partial charge in [-0.3, -0.25) is 9.59 Å². The molecule has 1 aliphatic carbocycles. The first-order chi connectivity index (χ1) is 16.7. The van der Waals surface area contributed by atoms with Gasteiger partial charge in [-0.25, -0.2) is 0 Å². The molecule has 0 unspecified atom stereocenters. The minimum atomic E-state index is -0.870. The van der Waals surface area contributed by atoms with Crippen LogP contribution < -0.4 is 14.8 Å². The summed E-state index contributed by atoms with van der Waals surface area (Å²) in [5, 5.41) is 3.10. The highest BCUT2D eigenvalue weighted by Gasteiger charge is 2.50. The first-order valence-corrected chi connectivity index (χ1v) is 12.4. The fourth-order valence-electron chi connectivity index (χ4n) is 5.24. The molecule has 0 bridgehead atoms. The van der Waals surface area contributed by atoms with Crippen molar-refractivity contribution in [2.75, 3.05) is 39.7 Å². The number of benzene rings is 2. The lowest BCUT2D eigenvalue weighted by Gasteiger charge is -2.43. The summed E-state index contributed by atoms with van der Waals surface area (Å²) in [6.07, 6.45) is 4.23. The lowest BCUT2D eigenvalue weighted by molar-refractivity contribution is -0.129. The number of ether oxygens (including phenoxy) is 2. The van der Waals surface area contributed by atoms with E-state index in [1.807, 2.05) is 63.2 Å². The van der Waals surface area contributed by atoms with Gasteiger partial charge >= 0.3 is 0 Å². The summed E-state index contributed by atoms with van der Waals surface area (Å²) in [6, 6.07) is 9.50. The number of methoxy groups -OCH3 is 1. The third kappa shape index (κ3) is 5.01. The molecule has 0 saturated heterocycles. The van der Waals surface area contributed by atoms with Gasteiger partial charge in [0, 0.05) is 30.4 Å². The third-order valence-electron chi connectivity index (χ3n) is 7.33. The molecule has 2 aromatic carbocycles. The van der Waals surface area contributed by atoms with Crippen molar-refractivity contribution in [1.29, 1.82) is 0 Å². The number of carbonyl (C=O) groups is 2. The smallest absolute Gasteiger partial charge is 0.255 e. The number of nitrogens with zero attached hydrogens (tertiary/aromatic N) is 2. The average Bonchev–Trinajstić information content (AvgIpc) is 3.18. The number of rotatable bonds is 8. The second-order valence-corrected chi connectivity index (χ2v) is 10.0. The maximum absolute atomic E-state index is 13.8. The molecule has 1 aliphatic heterocycles. The summed E-state index contributed by atoms with van der Waals surface area (Å²) in [4.78, 5) is 31.5. The molecule has 1 fully saturated rings. The van der Waals surface area contributed by atoms with Crippen LogP contribution in [0.5, 0.6) is 11.5 Å². The highest BCUT2D eigenvalue weighted by atomic mass is 16.5. The molecule has 7 heteroatoms. The number of anilines is 1. The molecule has 0 atom stereocenters. The molecule has 2 aromatic rings. The molecule has 4 rings (SSSR count). The van der Waals surface area contributed by atoms with Gasteiger partial charge in [0.25, 0.3) is 5.91 Å². The highest BCUT2D eigenvalue weighted by molar-refractivity contribution is 6.06. The van der Waals surface area contributed by atoms with Crippen molar-refractivity contribution in [3.05, 3.63) is 52.6 Å². The van der Waals surface area contributed by atoms with E-state index in [9.17, 15) is 9.59 Å². The van der Waals surface area contributed by atoms with Crippen LogP contribution in [0.15, 0.2) is 30.3 Å². The zero-order valence-electron chi connectivity index (χ0n) is 21.6. The van der Waals surface area contributed by atoms with Gasteiger partial charge in [-0.2, -0.15) is 0 Å². The molecule has 2 aliphatic rings. The first kappa shape index (κ1) is 25.0. The molecule has 1 N–H and O–H groups in total. The van der Waals surface area contributed by atoms with Gasteiger partial charge in [0.15, 0.2) is 0 Å². The van der Waals surface area contributed by atoms with Crippen LogP contribution in [0.2, 0.25) is 0 Å². The van der Waals surface area contributed by atoms with E-state index in [4.69, 9.17) is 9.47 Å². The van der Waals surface area contributed by atoms with E-state index in [1.165, 1.54) is 0 Å². The standard InChI is InChI=1S/C28H37N3O4/c1-19-9-10-21(16-25(19)34-5)29-27(33)28(11-7-6-8-12-28)31-18-24-20(2)15-22(17-23(24)26(31)32)35-14-13-30(3)4/h9-10,15-17H,6-8,11-14,18H2,1-5H3,(H,29,33). The number of aryl methyl sites for hydroxylation is 2. The van der Waals surface area contributed by atoms with Gasteiger partial charge in [-0.1, -0.05) is 25.3 Å². The van der Waals surface area contributed by atoms with E-state index in [2.05, 4.69) is 10.2 Å². The fourth-order valence-corrected chi connectivity index (χ4v) is 5.24. The maximum Gasteiger partial charge on any atom is 0.255 e. The van der Waals surface area contributed by atoms with Gasteiger partial charge in [0.2, 0.25) is 5.91 Å². The minimum absolute atomic E-state index is 0.0836. The van der Waals surface area contributed by atoms with E-state index < -0.39 is 5.54 Å². The largest absolute Gasteiger partial charge is 0.496 e. The van der Waals surface area contributed by atoms with Crippen molar-refractivity contribution in [3.8, 4) is 11.5 Å². The Hall–Kier alpha value is -3.06. The van der Waals surface area contributed by atoms with E-state index in [0.29, 0.717) is 43.0 Å². The highest BCUT2D eigenvalue weighted by Crippen LogP contribution is 2.41. The summed E-state index contributed by atoms with van der Waals surface area (Å²) in [6.45, 7) is 5.77. The molecule has 35 heavy (non-hydrogen) atoms. The zero-order valence-corrected chi connectivity index (χ0v) is 21.6. The number of amides is 2. The van der Waals surface area contributed by atoms with Crippen molar-refractivity contribution in [3.63, 3.8) is 0 Å². The summed E-state index contributed by atoms with van der Waals surface area (Å²) in [7, 11) is 5.62. The van der Waals surface area contributed by atoms with Gasteiger partial charge in [-0.15, -0.1) is 0 Å². The summed E-state index contributed by atoms with van der Waals surface area (Å²) >= 11 is 0. The molecular weight excluding hydrogens is 442 g/mol. The Balaban J connectivity index is 1.60. The Morgan fingerprint density at radius 2 is 1.83 bits per heavy atom. The Kier molecular flexibility index (Phi) is 7.36. The van der Waals surface area contributed by atoms with Crippen LogP contribution in [-0.2, 0) is 11.3 Å². The molecule has 1 heterocycles. The van der Waals surface area contributed by atoms with Crippen molar-refractivity contribution in [2.24, 2.45) is 0 Å². The Morgan fingerprint density at radius 3 is 2.51 bits per heavy atom. The van der Waals surface area contributed by atoms with Crippen LogP contribution in [0, 0.1) is 13.8 Å². The molecule has 0 radical (unpaired) electrons. The Bertz CT molecular complexity index is 1110. The molecule has 2 amide bonds. The van der Waals surface area contributed by atoms with Crippen LogP contribution in [0.1, 0.15) is 59.2 Å². The zero-order chi connectivity index (χ0) is 25.2. The quantitative estimate of drug-likeness (QED) is 0.602. The van der Waals surface area contributed by atoms with Crippen molar-refractivity contribution < 1.29 is 19.1 Å². The van der Waals surface area contributed by atoms with Gasteiger partial charge in [0.1, 0.15) is 23.6 Å². The van der Waals surface area contributed by atoms with E-state index >= 15 is 0 Å². The Morgan fingerprint density at radius 1 is 1.09 bits per heavy atom. The predicted molar refractivity (Wildman–Crippen MR) is 137 cm³/mol. The SMILES string of the molecule is COc1cc(NC(=O)C2(N3Cc4c(C)cc(OCCN(C)C)cc4C3=O)CCCCC2)ccc1C. The number of hydrogen-bond donors (Lipinski definition) is 1. The minimum Gasteiger partial charge on any atom is -0.496 e. The lowest BCUT2D eigenvalue weighted by Crippen LogP contribution is -2.58. The van der Waals surface area contributed by atoms with Crippen LogP contribution in [-0.4, -0.2) is 61.5 Å². The van der Waals surface area contributed by atoms with Crippen LogP contribution in [0.3, 0.4) is 0 Å². The summed E-state index contributed by atoms with van der Waals surface area (Å²) < 4.78 is 11.4. The fraction of sp³-hybridized carbons (Fsp3) is 0.500. The third-order valence-corrected chi connectivity index (χ3v) is 7.33. The number of likely N-dealkylation sites (N-methyl/N-ethyl adjacent to an activating group) is 1.